The third kappa shape index (κ3) is 5.38. The highest BCUT2D eigenvalue weighted by Gasteiger charge is 2.37. The summed E-state index contributed by atoms with van der Waals surface area (Å²) in [6.45, 7) is 10.1. The third-order valence-electron chi connectivity index (χ3n) is 4.68. The number of hydrogen-bond donors (Lipinski definition) is 0. The van der Waals surface area contributed by atoms with Gasteiger partial charge in [0.1, 0.15) is 0 Å². The number of unbranched alkanes of at least 4 members (excludes halogenated alkanes) is 2. The Balaban J connectivity index is 1.82. The number of benzene rings is 1. The summed E-state index contributed by atoms with van der Waals surface area (Å²) in [5, 5.41) is 0. The van der Waals surface area contributed by atoms with Crippen LogP contribution in [0.15, 0.2) is 24.3 Å². The summed E-state index contributed by atoms with van der Waals surface area (Å²) in [6, 6.07) is 7.01. The van der Waals surface area contributed by atoms with Gasteiger partial charge in [-0.2, -0.15) is 0 Å². The molecule has 1 atom stereocenters. The largest absolute Gasteiger partial charge is 0.354 e. The van der Waals surface area contributed by atoms with Crippen molar-refractivity contribution in [2.75, 3.05) is 32.5 Å². The predicted octanol–water partition coefficient (Wildman–Crippen LogP) is 4.63. The Morgan fingerprint density at radius 3 is 1.96 bits per heavy atom. The molecule has 1 aliphatic rings. The number of imide groups is 1. The van der Waals surface area contributed by atoms with E-state index < -0.39 is 13.7 Å². The fraction of sp³-hybridized carbons (Fsp3) is 0.619. The van der Waals surface area contributed by atoms with Gasteiger partial charge >= 0.3 is 0 Å². The van der Waals surface area contributed by atoms with Gasteiger partial charge < -0.3 is 14.0 Å². The Hall–Kier alpha value is -1.33. The molecule has 6 nitrogen and oxygen atoms in total. The molecule has 1 aromatic carbocycles. The minimum atomic E-state index is -0.892. The molecule has 0 bridgehead atoms. The molecule has 1 unspecified atom stereocenters. The molecular formula is C21H32NO5P. The van der Waals surface area contributed by atoms with Crippen molar-refractivity contribution in [1.82, 2.24) is 4.90 Å². The van der Waals surface area contributed by atoms with Crippen molar-refractivity contribution in [3.8, 4) is 0 Å². The molecule has 0 fully saturated rings. The molecule has 0 saturated carbocycles. The van der Waals surface area contributed by atoms with E-state index in [9.17, 15) is 9.59 Å². The van der Waals surface area contributed by atoms with Gasteiger partial charge in [0.05, 0.1) is 19.3 Å². The summed E-state index contributed by atoms with van der Waals surface area (Å²) in [6.07, 6.45) is 3.49. The van der Waals surface area contributed by atoms with Crippen LogP contribution >= 0.6 is 8.15 Å². The molecule has 0 spiro atoms. The minimum absolute atomic E-state index is 0.183. The Morgan fingerprint density at radius 2 is 1.46 bits per heavy atom. The van der Waals surface area contributed by atoms with Gasteiger partial charge in [-0.3, -0.25) is 14.5 Å². The second kappa shape index (κ2) is 11.0. The van der Waals surface area contributed by atoms with E-state index in [1.54, 1.807) is 24.3 Å². The van der Waals surface area contributed by atoms with E-state index in [-0.39, 0.29) is 11.8 Å². The highest BCUT2D eigenvalue weighted by atomic mass is 31.1. The van der Waals surface area contributed by atoms with Crippen LogP contribution in [0.3, 0.4) is 0 Å². The predicted molar refractivity (Wildman–Crippen MR) is 111 cm³/mol. The normalized spacial score (nSPS) is 15.2. The van der Waals surface area contributed by atoms with Gasteiger partial charge in [-0.1, -0.05) is 18.6 Å². The average Bonchev–Trinajstić information content (AvgIpc) is 2.92. The van der Waals surface area contributed by atoms with E-state index in [4.69, 9.17) is 14.0 Å². The molecule has 1 aliphatic heterocycles. The quantitative estimate of drug-likeness (QED) is 0.206. The molecule has 7 heteroatoms. The first-order valence-electron chi connectivity index (χ1n) is 10.1. The number of amides is 2. The maximum atomic E-state index is 12.4. The zero-order valence-electron chi connectivity index (χ0n) is 17.4. The number of hydrogen-bond acceptors (Lipinski definition) is 5. The summed E-state index contributed by atoms with van der Waals surface area (Å²) >= 11 is 0. The van der Waals surface area contributed by atoms with Crippen molar-refractivity contribution in [2.24, 2.45) is 0 Å². The molecule has 2 amide bonds. The zero-order valence-corrected chi connectivity index (χ0v) is 18.3. The maximum absolute atomic E-state index is 12.4. The first-order valence-corrected chi connectivity index (χ1v) is 11.6. The van der Waals surface area contributed by atoms with Crippen molar-refractivity contribution in [1.29, 1.82) is 0 Å². The van der Waals surface area contributed by atoms with Crippen molar-refractivity contribution in [2.45, 2.75) is 52.5 Å². The smallest absolute Gasteiger partial charge is 0.261 e. The second-order valence-electron chi connectivity index (χ2n) is 6.65. The lowest BCUT2D eigenvalue weighted by atomic mass is 10.1. The Morgan fingerprint density at radius 1 is 0.893 bits per heavy atom. The fourth-order valence-electron chi connectivity index (χ4n) is 3.41. The lowest BCUT2D eigenvalue weighted by molar-refractivity contribution is -0.163. The van der Waals surface area contributed by atoms with E-state index in [0.717, 1.165) is 25.4 Å². The first kappa shape index (κ1) is 23.0. The topological polar surface area (TPSA) is 65.1 Å². The van der Waals surface area contributed by atoms with Gasteiger partial charge in [0, 0.05) is 26.4 Å². The van der Waals surface area contributed by atoms with Crippen LogP contribution in [0.25, 0.3) is 0 Å². The summed E-state index contributed by atoms with van der Waals surface area (Å²) in [5.41, 5.74) is 0.324. The Labute approximate surface area is 169 Å². The van der Waals surface area contributed by atoms with Crippen molar-refractivity contribution < 1.29 is 23.6 Å². The molecule has 0 N–H and O–H groups in total. The highest BCUT2D eigenvalue weighted by molar-refractivity contribution is 7.53. The van der Waals surface area contributed by atoms with Crippen LogP contribution < -0.4 is 0 Å². The molecule has 0 aliphatic carbocycles. The Bertz CT molecular complexity index is 625. The molecule has 2 rings (SSSR count). The van der Waals surface area contributed by atoms with Crippen LogP contribution in [0.2, 0.25) is 0 Å². The van der Waals surface area contributed by atoms with E-state index in [1.807, 2.05) is 27.7 Å². The highest BCUT2D eigenvalue weighted by Crippen LogP contribution is 2.52. The number of carbonyl (C=O) groups excluding carboxylic acids is 2. The summed E-state index contributed by atoms with van der Waals surface area (Å²) < 4.78 is 17.7. The van der Waals surface area contributed by atoms with Crippen LogP contribution in [0.1, 0.15) is 67.7 Å². The molecule has 0 saturated heterocycles. The molecule has 28 heavy (non-hydrogen) atoms. The molecular weight excluding hydrogens is 377 g/mol. The average molecular weight is 409 g/mol. The second-order valence-corrected chi connectivity index (χ2v) is 8.93. The van der Waals surface area contributed by atoms with Gasteiger partial charge in [-0.05, 0) is 58.8 Å². The standard InChI is InChI=1S/C21H32NO5P/c1-5-25-21(4,26-6-2)28(27-7-3)16-12-8-11-15-22-19(23)17-13-9-10-14-18(17)20(22)24/h9-10,13-14H,5-8,11-12,15-16H2,1-4H3. The van der Waals surface area contributed by atoms with E-state index >= 15 is 0 Å². The number of carbonyl (C=O) groups is 2. The van der Waals surface area contributed by atoms with Crippen LogP contribution in [0.4, 0.5) is 0 Å². The number of rotatable bonds is 13. The molecule has 156 valence electrons. The monoisotopic (exact) mass is 409 g/mol. The van der Waals surface area contributed by atoms with E-state index in [0.29, 0.717) is 37.5 Å². The Kier molecular flexibility index (Phi) is 9.03. The maximum Gasteiger partial charge on any atom is 0.261 e. The number of nitrogens with zero attached hydrogens (tertiary/aromatic N) is 1. The van der Waals surface area contributed by atoms with Crippen LogP contribution in [0.5, 0.6) is 0 Å². The van der Waals surface area contributed by atoms with E-state index in [2.05, 4.69) is 0 Å². The zero-order chi connectivity index (χ0) is 20.6. The van der Waals surface area contributed by atoms with Gasteiger partial charge in [0.25, 0.3) is 11.8 Å². The van der Waals surface area contributed by atoms with Gasteiger partial charge in [0.2, 0.25) is 5.53 Å². The van der Waals surface area contributed by atoms with Gasteiger partial charge in [-0.15, -0.1) is 0 Å². The first-order chi connectivity index (χ1) is 13.5. The summed E-state index contributed by atoms with van der Waals surface area (Å²) in [4.78, 5) is 26.2. The number of fused-ring (bicyclic) bond motifs is 1. The molecule has 0 aromatic heterocycles. The summed E-state index contributed by atoms with van der Waals surface area (Å²) in [7, 11) is -0.892. The van der Waals surface area contributed by atoms with Crippen LogP contribution in [-0.4, -0.2) is 54.8 Å². The minimum Gasteiger partial charge on any atom is -0.354 e. The number of ether oxygens (including phenoxy) is 2. The van der Waals surface area contributed by atoms with Gasteiger partial charge in [-0.25, -0.2) is 0 Å². The van der Waals surface area contributed by atoms with Crippen LogP contribution in [0, 0.1) is 0 Å². The SMILES string of the molecule is CCOP(CCCCCN1C(=O)c2ccccc2C1=O)C(C)(OCC)OCC. The van der Waals surface area contributed by atoms with E-state index in [1.165, 1.54) is 4.90 Å². The lowest BCUT2D eigenvalue weighted by Gasteiger charge is -2.36. The van der Waals surface area contributed by atoms with Crippen molar-refractivity contribution in [3.05, 3.63) is 35.4 Å². The fourth-order valence-corrected chi connectivity index (χ4v) is 5.54. The van der Waals surface area contributed by atoms with Crippen LogP contribution in [-0.2, 0) is 14.0 Å². The van der Waals surface area contributed by atoms with Crippen molar-refractivity contribution in [3.63, 3.8) is 0 Å². The lowest BCUT2D eigenvalue weighted by Crippen LogP contribution is -2.32. The molecule has 0 radical (unpaired) electrons. The molecule has 1 aromatic rings. The van der Waals surface area contributed by atoms with Gasteiger partial charge in [0.15, 0.2) is 0 Å². The molecule has 1 heterocycles. The third-order valence-corrected chi connectivity index (χ3v) is 7.14. The summed E-state index contributed by atoms with van der Waals surface area (Å²) in [5.74, 6) is -0.366. The van der Waals surface area contributed by atoms with Crippen molar-refractivity contribution >= 4 is 20.0 Å².